The van der Waals surface area contributed by atoms with Crippen molar-refractivity contribution < 1.29 is 19.0 Å². The number of aliphatic hydroxyl groups is 1. The van der Waals surface area contributed by atoms with Gasteiger partial charge >= 0.3 is 5.97 Å². The standard InChI is InChI=1S/C16H20FNO3/c1-3-12-8-15(14(17)9-13(12)16(20)21-2)18-6-4-11(10-19)5-7-18/h3,8-9,11,19H,1,4-7,10H2,2H3. The minimum Gasteiger partial charge on any atom is -0.465 e. The SMILES string of the molecule is C=Cc1cc(N2CCC(CO)CC2)c(F)cc1C(=O)OC. The number of carbonyl (C=O) groups excluding carboxylic acids is 1. The molecule has 5 heteroatoms. The molecule has 0 radical (unpaired) electrons. The van der Waals surface area contributed by atoms with Gasteiger partial charge in [-0.05, 0) is 36.5 Å². The summed E-state index contributed by atoms with van der Waals surface area (Å²) in [6.07, 6.45) is 3.19. The number of piperidine rings is 1. The number of esters is 1. The fourth-order valence-corrected chi connectivity index (χ4v) is 2.63. The van der Waals surface area contributed by atoms with Crippen LogP contribution < -0.4 is 4.90 Å². The summed E-state index contributed by atoms with van der Waals surface area (Å²) < 4.78 is 18.9. The second-order valence-corrected chi connectivity index (χ2v) is 5.20. The Morgan fingerprint density at radius 1 is 1.52 bits per heavy atom. The number of anilines is 1. The van der Waals surface area contributed by atoms with Crippen LogP contribution in [0.4, 0.5) is 10.1 Å². The number of rotatable bonds is 4. The molecule has 21 heavy (non-hydrogen) atoms. The Kier molecular flexibility index (Phi) is 4.96. The summed E-state index contributed by atoms with van der Waals surface area (Å²) in [7, 11) is 1.26. The van der Waals surface area contributed by atoms with Gasteiger partial charge in [0.25, 0.3) is 0 Å². The first-order chi connectivity index (χ1) is 10.1. The summed E-state index contributed by atoms with van der Waals surface area (Å²) in [5.41, 5.74) is 1.20. The second-order valence-electron chi connectivity index (χ2n) is 5.20. The molecule has 0 aliphatic carbocycles. The smallest absolute Gasteiger partial charge is 0.338 e. The number of ether oxygens (including phenoxy) is 1. The largest absolute Gasteiger partial charge is 0.465 e. The molecule has 0 atom stereocenters. The van der Waals surface area contributed by atoms with Gasteiger partial charge in [0.2, 0.25) is 0 Å². The van der Waals surface area contributed by atoms with E-state index < -0.39 is 11.8 Å². The van der Waals surface area contributed by atoms with Gasteiger partial charge in [0.1, 0.15) is 5.82 Å². The van der Waals surface area contributed by atoms with Crippen LogP contribution in [-0.4, -0.2) is 37.9 Å². The van der Waals surface area contributed by atoms with Crippen LogP contribution in [-0.2, 0) is 4.74 Å². The zero-order valence-electron chi connectivity index (χ0n) is 12.1. The summed E-state index contributed by atoms with van der Waals surface area (Å²) in [5, 5.41) is 9.15. The third-order valence-corrected chi connectivity index (χ3v) is 3.96. The lowest BCUT2D eigenvalue weighted by Gasteiger charge is -2.33. The molecule has 0 bridgehead atoms. The van der Waals surface area contributed by atoms with Crippen LogP contribution in [0.15, 0.2) is 18.7 Å². The zero-order chi connectivity index (χ0) is 15.4. The van der Waals surface area contributed by atoms with Gasteiger partial charge in [-0.15, -0.1) is 0 Å². The van der Waals surface area contributed by atoms with Crippen molar-refractivity contribution in [2.24, 2.45) is 5.92 Å². The maximum atomic E-state index is 14.3. The molecular formula is C16H20FNO3. The van der Waals surface area contributed by atoms with Crippen LogP contribution >= 0.6 is 0 Å². The molecule has 2 rings (SSSR count). The van der Waals surface area contributed by atoms with Gasteiger partial charge in [0.05, 0.1) is 18.4 Å². The van der Waals surface area contributed by atoms with Gasteiger partial charge < -0.3 is 14.7 Å². The van der Waals surface area contributed by atoms with Crippen LogP contribution in [0.2, 0.25) is 0 Å². The zero-order valence-corrected chi connectivity index (χ0v) is 12.1. The van der Waals surface area contributed by atoms with Crippen molar-refractivity contribution in [3.05, 3.63) is 35.7 Å². The number of halogens is 1. The van der Waals surface area contributed by atoms with Crippen molar-refractivity contribution in [2.75, 3.05) is 31.7 Å². The van der Waals surface area contributed by atoms with Crippen molar-refractivity contribution in [3.63, 3.8) is 0 Å². The lowest BCUT2D eigenvalue weighted by Crippen LogP contribution is -2.35. The number of nitrogens with zero attached hydrogens (tertiary/aromatic N) is 1. The fraction of sp³-hybridized carbons (Fsp3) is 0.438. The van der Waals surface area contributed by atoms with Crippen molar-refractivity contribution in [3.8, 4) is 0 Å². The molecule has 0 unspecified atom stereocenters. The number of benzene rings is 1. The average molecular weight is 293 g/mol. The predicted molar refractivity (Wildman–Crippen MR) is 79.9 cm³/mol. The quantitative estimate of drug-likeness (QED) is 0.866. The Morgan fingerprint density at radius 2 is 2.19 bits per heavy atom. The molecule has 1 aliphatic heterocycles. The van der Waals surface area contributed by atoms with Crippen LogP contribution in [0.5, 0.6) is 0 Å². The van der Waals surface area contributed by atoms with E-state index in [9.17, 15) is 9.18 Å². The van der Waals surface area contributed by atoms with E-state index in [0.717, 1.165) is 12.8 Å². The monoisotopic (exact) mass is 293 g/mol. The lowest BCUT2D eigenvalue weighted by atomic mass is 9.96. The van der Waals surface area contributed by atoms with Gasteiger partial charge in [-0.1, -0.05) is 12.7 Å². The van der Waals surface area contributed by atoms with Crippen molar-refractivity contribution in [2.45, 2.75) is 12.8 Å². The Bertz CT molecular complexity index is 537. The summed E-state index contributed by atoms with van der Waals surface area (Å²) in [6.45, 7) is 5.23. The second kappa shape index (κ2) is 6.72. The van der Waals surface area contributed by atoms with Gasteiger partial charge in [0, 0.05) is 19.7 Å². The minimum absolute atomic E-state index is 0.176. The predicted octanol–water partition coefficient (Wildman–Crippen LogP) is 2.46. The van der Waals surface area contributed by atoms with Crippen LogP contribution in [0.1, 0.15) is 28.8 Å². The first-order valence-corrected chi connectivity index (χ1v) is 7.00. The molecule has 1 fully saturated rings. The summed E-state index contributed by atoms with van der Waals surface area (Å²) in [4.78, 5) is 13.6. The Balaban J connectivity index is 2.29. The molecule has 1 N–H and O–H groups in total. The first kappa shape index (κ1) is 15.5. The Morgan fingerprint density at radius 3 is 2.71 bits per heavy atom. The first-order valence-electron chi connectivity index (χ1n) is 7.00. The minimum atomic E-state index is -0.575. The molecule has 1 heterocycles. The highest BCUT2D eigenvalue weighted by molar-refractivity contribution is 5.94. The van der Waals surface area contributed by atoms with Crippen LogP contribution in [0.3, 0.4) is 0 Å². The molecule has 4 nitrogen and oxygen atoms in total. The highest BCUT2D eigenvalue weighted by Crippen LogP contribution is 2.29. The van der Waals surface area contributed by atoms with Crippen molar-refractivity contribution >= 4 is 17.7 Å². The molecule has 1 aliphatic rings. The van der Waals surface area contributed by atoms with E-state index in [-0.39, 0.29) is 18.1 Å². The van der Waals surface area contributed by atoms with Crippen LogP contribution in [0, 0.1) is 11.7 Å². The van der Waals surface area contributed by atoms with Crippen molar-refractivity contribution in [1.82, 2.24) is 0 Å². The number of carbonyl (C=O) groups is 1. The molecule has 0 amide bonds. The Hall–Kier alpha value is -1.88. The molecular weight excluding hydrogens is 273 g/mol. The fourth-order valence-electron chi connectivity index (χ4n) is 2.63. The molecule has 114 valence electrons. The van der Waals surface area contributed by atoms with Gasteiger partial charge in [-0.25, -0.2) is 9.18 Å². The van der Waals surface area contributed by atoms with E-state index in [4.69, 9.17) is 5.11 Å². The normalized spacial score (nSPS) is 15.9. The lowest BCUT2D eigenvalue weighted by molar-refractivity contribution is 0.0600. The van der Waals surface area contributed by atoms with Gasteiger partial charge in [-0.3, -0.25) is 0 Å². The van der Waals surface area contributed by atoms with E-state index in [1.54, 1.807) is 6.07 Å². The molecule has 1 aromatic rings. The summed E-state index contributed by atoms with van der Waals surface area (Å²) >= 11 is 0. The maximum absolute atomic E-state index is 14.3. The van der Waals surface area contributed by atoms with Gasteiger partial charge in [-0.2, -0.15) is 0 Å². The van der Waals surface area contributed by atoms with E-state index in [1.807, 2.05) is 4.90 Å². The number of methoxy groups -OCH3 is 1. The van der Waals surface area contributed by atoms with Gasteiger partial charge in [0.15, 0.2) is 0 Å². The summed E-state index contributed by atoms with van der Waals surface area (Å²) in [6, 6.07) is 2.84. The van der Waals surface area contributed by atoms with E-state index >= 15 is 0 Å². The van der Waals surface area contributed by atoms with E-state index in [0.29, 0.717) is 24.3 Å². The van der Waals surface area contributed by atoms with Crippen LogP contribution in [0.25, 0.3) is 6.08 Å². The van der Waals surface area contributed by atoms with E-state index in [1.165, 1.54) is 19.3 Å². The van der Waals surface area contributed by atoms with Crippen molar-refractivity contribution in [1.29, 1.82) is 0 Å². The average Bonchev–Trinajstić information content (AvgIpc) is 2.54. The highest BCUT2D eigenvalue weighted by Gasteiger charge is 2.23. The maximum Gasteiger partial charge on any atom is 0.338 e. The molecule has 0 saturated carbocycles. The third-order valence-electron chi connectivity index (χ3n) is 3.96. The number of aliphatic hydroxyl groups excluding tert-OH is 1. The molecule has 0 aromatic heterocycles. The van der Waals surface area contributed by atoms with E-state index in [2.05, 4.69) is 11.3 Å². The summed E-state index contributed by atoms with van der Waals surface area (Å²) in [5.74, 6) is -0.727. The highest BCUT2D eigenvalue weighted by atomic mass is 19.1. The molecule has 1 saturated heterocycles. The third kappa shape index (κ3) is 3.24. The molecule has 0 spiro atoms. The number of hydrogen-bond donors (Lipinski definition) is 1. The topological polar surface area (TPSA) is 49.8 Å². The number of hydrogen-bond acceptors (Lipinski definition) is 4. The molecule has 1 aromatic carbocycles. The Labute approximate surface area is 123 Å².